The van der Waals surface area contributed by atoms with Crippen molar-refractivity contribution in [1.82, 2.24) is 9.80 Å². The van der Waals surface area contributed by atoms with Gasteiger partial charge in [-0.25, -0.2) is 0 Å². The largest absolute Gasteiger partial charge is 0.497 e. The summed E-state index contributed by atoms with van der Waals surface area (Å²) in [6, 6.07) is 7.68. The van der Waals surface area contributed by atoms with Gasteiger partial charge in [0.05, 0.1) is 31.6 Å². The van der Waals surface area contributed by atoms with Gasteiger partial charge in [-0.05, 0) is 17.7 Å². The van der Waals surface area contributed by atoms with Crippen LogP contribution in [0.5, 0.6) is 5.75 Å². The summed E-state index contributed by atoms with van der Waals surface area (Å²) in [7, 11) is 5.06. The van der Waals surface area contributed by atoms with Gasteiger partial charge in [-0.3, -0.25) is 9.59 Å². The summed E-state index contributed by atoms with van der Waals surface area (Å²) >= 11 is 0. The lowest BCUT2D eigenvalue weighted by molar-refractivity contribution is -0.141. The summed E-state index contributed by atoms with van der Waals surface area (Å²) in [5.41, 5.74) is 0.342. The third-order valence-corrected chi connectivity index (χ3v) is 5.41. The van der Waals surface area contributed by atoms with E-state index in [1.54, 1.807) is 31.0 Å². The van der Waals surface area contributed by atoms with E-state index < -0.39 is 17.4 Å². The first kappa shape index (κ1) is 16.1. The Morgan fingerprint density at radius 1 is 1.44 bits per heavy atom. The third kappa shape index (κ3) is 2.35. The molecule has 1 aromatic rings. The van der Waals surface area contributed by atoms with E-state index in [9.17, 15) is 9.59 Å². The molecule has 4 atom stereocenters. The molecule has 2 fully saturated rings. The predicted octanol–water partition coefficient (Wildman–Crippen LogP) is 1.07. The summed E-state index contributed by atoms with van der Waals surface area (Å²) in [5, 5.41) is 0. The summed E-state index contributed by atoms with van der Waals surface area (Å²) in [6.45, 7) is 0.969. The highest BCUT2D eigenvalue weighted by Gasteiger charge is 2.66. The molecule has 0 saturated carbocycles. The molecule has 2 saturated heterocycles. The van der Waals surface area contributed by atoms with Gasteiger partial charge in [-0.2, -0.15) is 0 Å². The molecule has 3 aliphatic heterocycles. The molecule has 0 aromatic heterocycles. The molecule has 25 heavy (non-hydrogen) atoms. The summed E-state index contributed by atoms with van der Waals surface area (Å²) in [5.74, 6) is -0.140. The van der Waals surface area contributed by atoms with E-state index in [-0.39, 0.29) is 17.9 Å². The fourth-order valence-electron chi connectivity index (χ4n) is 4.28. The number of methoxy groups -OCH3 is 1. The summed E-state index contributed by atoms with van der Waals surface area (Å²) in [4.78, 5) is 29.0. The minimum Gasteiger partial charge on any atom is -0.497 e. The van der Waals surface area contributed by atoms with E-state index >= 15 is 0 Å². The Morgan fingerprint density at radius 3 is 2.96 bits per heavy atom. The molecule has 4 rings (SSSR count). The minimum absolute atomic E-state index is 0.00475. The molecule has 3 aliphatic rings. The molecule has 0 N–H and O–H groups in total. The van der Waals surface area contributed by atoms with Crippen LogP contribution in [0.15, 0.2) is 36.4 Å². The van der Waals surface area contributed by atoms with Gasteiger partial charge in [0.1, 0.15) is 11.4 Å². The molecule has 6 nitrogen and oxygen atoms in total. The average molecular weight is 342 g/mol. The zero-order valence-electron chi connectivity index (χ0n) is 14.6. The van der Waals surface area contributed by atoms with Crippen LogP contribution in [0.3, 0.4) is 0 Å². The fourth-order valence-corrected chi connectivity index (χ4v) is 4.28. The number of likely N-dealkylation sites (tertiary alicyclic amines) is 1. The summed E-state index contributed by atoms with van der Waals surface area (Å²) in [6.07, 6.45) is 3.62. The maximum atomic E-state index is 13.1. The van der Waals surface area contributed by atoms with Crippen molar-refractivity contribution in [2.45, 2.75) is 18.2 Å². The number of carbonyl (C=O) groups is 2. The van der Waals surface area contributed by atoms with Crippen molar-refractivity contribution in [2.24, 2.45) is 11.8 Å². The second-order valence-electron chi connectivity index (χ2n) is 7.18. The topological polar surface area (TPSA) is 59.1 Å². The van der Waals surface area contributed by atoms with Gasteiger partial charge in [0.2, 0.25) is 11.8 Å². The van der Waals surface area contributed by atoms with Crippen LogP contribution in [0.4, 0.5) is 0 Å². The smallest absolute Gasteiger partial charge is 0.230 e. The highest BCUT2D eigenvalue weighted by molar-refractivity contribution is 5.92. The molecule has 2 amide bonds. The van der Waals surface area contributed by atoms with E-state index in [0.717, 1.165) is 11.3 Å². The molecule has 2 bridgehead atoms. The fraction of sp³-hybridized carbons (Fsp3) is 0.474. The SMILES string of the molecule is COc1cccc(CN2C[C@]34C=C[C@H](O3)[C@@H](C(=O)N(C)C)[C@@H]4C2=O)c1. The Morgan fingerprint density at radius 2 is 2.24 bits per heavy atom. The van der Waals surface area contributed by atoms with Crippen LogP contribution in [0.25, 0.3) is 0 Å². The highest BCUT2D eigenvalue weighted by atomic mass is 16.5. The predicted molar refractivity (Wildman–Crippen MR) is 90.8 cm³/mol. The number of ether oxygens (including phenoxy) is 2. The Labute approximate surface area is 147 Å². The molecular weight excluding hydrogens is 320 g/mol. The van der Waals surface area contributed by atoms with Gasteiger partial charge in [0, 0.05) is 20.6 Å². The van der Waals surface area contributed by atoms with E-state index in [4.69, 9.17) is 9.47 Å². The molecule has 1 aromatic carbocycles. The first-order chi connectivity index (χ1) is 11.9. The van der Waals surface area contributed by atoms with Gasteiger partial charge < -0.3 is 19.3 Å². The van der Waals surface area contributed by atoms with Crippen molar-refractivity contribution in [3.8, 4) is 5.75 Å². The first-order valence-corrected chi connectivity index (χ1v) is 8.45. The van der Waals surface area contributed by atoms with E-state index in [1.165, 1.54) is 0 Å². The van der Waals surface area contributed by atoms with Crippen molar-refractivity contribution < 1.29 is 19.1 Å². The van der Waals surface area contributed by atoms with Gasteiger partial charge in [-0.15, -0.1) is 0 Å². The van der Waals surface area contributed by atoms with Crippen LogP contribution in [-0.2, 0) is 20.9 Å². The standard InChI is InChI=1S/C19H22N2O4/c1-20(2)17(22)15-14-7-8-19(25-14)11-21(18(23)16(15)19)10-12-5-4-6-13(9-12)24-3/h4-9,14-16H,10-11H2,1-3H3/t14-,15+,16+,19-/m0/s1. The quantitative estimate of drug-likeness (QED) is 0.768. The lowest BCUT2D eigenvalue weighted by Crippen LogP contribution is -2.43. The van der Waals surface area contributed by atoms with Gasteiger partial charge in [0.25, 0.3) is 0 Å². The Hall–Kier alpha value is -2.34. The molecule has 0 aliphatic carbocycles. The molecule has 0 radical (unpaired) electrons. The zero-order chi connectivity index (χ0) is 17.8. The number of benzene rings is 1. The number of amides is 2. The van der Waals surface area contributed by atoms with Crippen molar-refractivity contribution >= 4 is 11.8 Å². The third-order valence-electron chi connectivity index (χ3n) is 5.41. The van der Waals surface area contributed by atoms with Crippen LogP contribution in [0, 0.1) is 11.8 Å². The van der Waals surface area contributed by atoms with Crippen molar-refractivity contribution in [3.63, 3.8) is 0 Å². The van der Waals surface area contributed by atoms with Crippen LogP contribution in [-0.4, -0.2) is 61.1 Å². The highest BCUT2D eigenvalue weighted by Crippen LogP contribution is 2.52. The number of hydrogen-bond acceptors (Lipinski definition) is 4. The lowest BCUT2D eigenvalue weighted by Gasteiger charge is -2.25. The zero-order valence-corrected chi connectivity index (χ0v) is 14.6. The van der Waals surface area contributed by atoms with E-state index in [0.29, 0.717) is 13.1 Å². The van der Waals surface area contributed by atoms with Crippen molar-refractivity contribution in [1.29, 1.82) is 0 Å². The Bertz CT molecular complexity index is 760. The minimum atomic E-state index is -0.656. The number of hydrogen-bond donors (Lipinski definition) is 0. The molecule has 3 heterocycles. The molecule has 1 spiro atoms. The van der Waals surface area contributed by atoms with Crippen LogP contribution in [0.2, 0.25) is 0 Å². The molecular formula is C19H22N2O4. The van der Waals surface area contributed by atoms with Crippen molar-refractivity contribution in [3.05, 3.63) is 42.0 Å². The Kier molecular flexibility index (Phi) is 3.61. The normalized spacial score (nSPS) is 32.2. The van der Waals surface area contributed by atoms with Gasteiger partial charge >= 0.3 is 0 Å². The van der Waals surface area contributed by atoms with Gasteiger partial charge in [-0.1, -0.05) is 24.3 Å². The monoisotopic (exact) mass is 342 g/mol. The molecule has 132 valence electrons. The lowest BCUT2D eigenvalue weighted by atomic mass is 9.76. The van der Waals surface area contributed by atoms with Crippen LogP contribution < -0.4 is 4.74 Å². The Balaban J connectivity index is 1.60. The second kappa shape index (κ2) is 5.59. The molecule has 0 unspecified atom stereocenters. The maximum Gasteiger partial charge on any atom is 0.230 e. The van der Waals surface area contributed by atoms with Crippen LogP contribution >= 0.6 is 0 Å². The second-order valence-corrected chi connectivity index (χ2v) is 7.18. The first-order valence-electron chi connectivity index (χ1n) is 8.45. The van der Waals surface area contributed by atoms with Crippen LogP contribution in [0.1, 0.15) is 5.56 Å². The average Bonchev–Trinajstić information content (AvgIpc) is 3.23. The maximum absolute atomic E-state index is 13.1. The van der Waals surface area contributed by atoms with E-state index in [1.807, 2.05) is 36.4 Å². The summed E-state index contributed by atoms with van der Waals surface area (Å²) < 4.78 is 11.4. The number of fused-ring (bicyclic) bond motifs is 1. The number of nitrogens with zero attached hydrogens (tertiary/aromatic N) is 2. The van der Waals surface area contributed by atoms with E-state index in [2.05, 4.69) is 0 Å². The number of carbonyl (C=O) groups excluding carboxylic acids is 2. The number of rotatable bonds is 4. The van der Waals surface area contributed by atoms with Crippen molar-refractivity contribution in [2.75, 3.05) is 27.7 Å². The van der Waals surface area contributed by atoms with Gasteiger partial charge in [0.15, 0.2) is 0 Å². The molecule has 6 heteroatoms.